The number of morpholine rings is 1. The van der Waals surface area contributed by atoms with E-state index in [-0.39, 0.29) is 29.8 Å². The number of hydrogen-bond donors (Lipinski definition) is 1. The van der Waals surface area contributed by atoms with Crippen LogP contribution < -0.4 is 5.32 Å². The number of sulfonamides is 1. The zero-order chi connectivity index (χ0) is 23.4. The van der Waals surface area contributed by atoms with Crippen LogP contribution in [-0.4, -0.2) is 68.8 Å². The molecule has 8 nitrogen and oxygen atoms in total. The molecule has 2 amide bonds. The van der Waals surface area contributed by atoms with Crippen LogP contribution in [0.15, 0.2) is 53.4 Å². The van der Waals surface area contributed by atoms with E-state index in [0.717, 1.165) is 12.1 Å². The number of ether oxygens (including phenoxy) is 1. The highest BCUT2D eigenvalue weighted by Crippen LogP contribution is 2.26. The summed E-state index contributed by atoms with van der Waals surface area (Å²) in [5.74, 6) is -1.61. The van der Waals surface area contributed by atoms with Crippen LogP contribution in [0.25, 0.3) is 0 Å². The summed E-state index contributed by atoms with van der Waals surface area (Å²) in [7, 11) is -3.84. The lowest BCUT2D eigenvalue weighted by Crippen LogP contribution is -2.44. The Morgan fingerprint density at radius 1 is 1.00 bits per heavy atom. The maximum absolute atomic E-state index is 13.2. The summed E-state index contributed by atoms with van der Waals surface area (Å²) < 4.78 is 45.7. The number of carbonyl (C=O) groups is 2. The van der Waals surface area contributed by atoms with E-state index >= 15 is 0 Å². The molecule has 10 heteroatoms. The number of para-hydroxylation sites is 1. The first-order valence-corrected chi connectivity index (χ1v) is 12.3. The Morgan fingerprint density at radius 3 is 2.42 bits per heavy atom. The highest BCUT2D eigenvalue weighted by atomic mass is 32.2. The molecule has 1 atom stereocenters. The molecule has 0 aromatic heterocycles. The third-order valence-electron chi connectivity index (χ3n) is 5.92. The molecule has 33 heavy (non-hydrogen) atoms. The van der Waals surface area contributed by atoms with Crippen molar-refractivity contribution in [2.75, 3.05) is 44.7 Å². The van der Waals surface area contributed by atoms with Crippen molar-refractivity contribution in [3.05, 3.63) is 59.9 Å². The van der Waals surface area contributed by atoms with Gasteiger partial charge in [-0.15, -0.1) is 0 Å². The minimum atomic E-state index is -3.84. The second-order valence-corrected chi connectivity index (χ2v) is 10.0. The summed E-state index contributed by atoms with van der Waals surface area (Å²) in [4.78, 5) is 27.7. The van der Waals surface area contributed by atoms with Crippen molar-refractivity contribution in [1.82, 2.24) is 9.21 Å². The summed E-state index contributed by atoms with van der Waals surface area (Å²) in [5, 5.41) is 2.83. The van der Waals surface area contributed by atoms with Crippen LogP contribution in [0.3, 0.4) is 0 Å². The number of nitrogens with one attached hydrogen (secondary N) is 1. The number of amides is 2. The van der Waals surface area contributed by atoms with E-state index in [1.165, 1.54) is 16.4 Å². The summed E-state index contributed by atoms with van der Waals surface area (Å²) in [5.41, 5.74) is 0.789. The molecule has 1 N–H and O–H groups in total. The lowest BCUT2D eigenvalue weighted by Gasteiger charge is -2.31. The largest absolute Gasteiger partial charge is 0.378 e. The summed E-state index contributed by atoms with van der Waals surface area (Å²) >= 11 is 0. The van der Waals surface area contributed by atoms with Crippen LogP contribution in [-0.2, 0) is 19.6 Å². The van der Waals surface area contributed by atoms with E-state index in [4.69, 9.17) is 4.74 Å². The monoisotopic (exact) mass is 475 g/mol. The lowest BCUT2D eigenvalue weighted by molar-refractivity contribution is -0.120. The maximum atomic E-state index is 13.2. The number of benzene rings is 2. The van der Waals surface area contributed by atoms with Gasteiger partial charge in [0, 0.05) is 26.2 Å². The molecule has 176 valence electrons. The lowest BCUT2D eigenvalue weighted by atomic mass is 9.98. The van der Waals surface area contributed by atoms with E-state index in [9.17, 15) is 22.4 Å². The van der Waals surface area contributed by atoms with Gasteiger partial charge in [-0.2, -0.15) is 4.31 Å². The van der Waals surface area contributed by atoms with Gasteiger partial charge in [0.2, 0.25) is 15.9 Å². The first kappa shape index (κ1) is 23.3. The van der Waals surface area contributed by atoms with Gasteiger partial charge in [0.05, 0.1) is 35.3 Å². The Labute approximate surface area is 192 Å². The predicted molar refractivity (Wildman–Crippen MR) is 120 cm³/mol. The smallest absolute Gasteiger partial charge is 0.256 e. The molecule has 2 aliphatic rings. The van der Waals surface area contributed by atoms with Crippen molar-refractivity contribution in [1.29, 1.82) is 0 Å². The average Bonchev–Trinajstić information content (AvgIpc) is 2.85. The zero-order valence-electron chi connectivity index (χ0n) is 18.1. The minimum absolute atomic E-state index is 0.00795. The Morgan fingerprint density at radius 2 is 1.70 bits per heavy atom. The van der Waals surface area contributed by atoms with E-state index in [1.54, 1.807) is 29.2 Å². The second-order valence-electron chi connectivity index (χ2n) is 8.10. The number of nitrogens with zero attached hydrogens (tertiary/aromatic N) is 2. The number of anilines is 1. The predicted octanol–water partition coefficient (Wildman–Crippen LogP) is 2.34. The van der Waals surface area contributed by atoms with Crippen LogP contribution >= 0.6 is 0 Å². The summed E-state index contributed by atoms with van der Waals surface area (Å²) in [6, 6.07) is 11.5. The van der Waals surface area contributed by atoms with Crippen LogP contribution in [0.2, 0.25) is 0 Å². The molecule has 0 radical (unpaired) electrons. The molecule has 4 rings (SSSR count). The van der Waals surface area contributed by atoms with Crippen molar-refractivity contribution in [2.24, 2.45) is 5.92 Å². The van der Waals surface area contributed by atoms with Gasteiger partial charge < -0.3 is 15.0 Å². The van der Waals surface area contributed by atoms with Gasteiger partial charge in [0.25, 0.3) is 5.91 Å². The molecule has 2 heterocycles. The molecule has 2 fully saturated rings. The normalized spacial score (nSPS) is 19.8. The molecular formula is C23H26FN3O5S. The molecule has 0 spiro atoms. The first-order valence-electron chi connectivity index (χ1n) is 10.9. The van der Waals surface area contributed by atoms with Gasteiger partial charge in [0.15, 0.2) is 0 Å². The molecular weight excluding hydrogens is 449 g/mol. The Bertz CT molecular complexity index is 1120. The number of rotatable bonds is 5. The molecule has 2 aliphatic heterocycles. The molecule has 1 unspecified atom stereocenters. The molecule has 0 bridgehead atoms. The Balaban J connectivity index is 1.47. The van der Waals surface area contributed by atoms with Gasteiger partial charge in [-0.1, -0.05) is 12.1 Å². The van der Waals surface area contributed by atoms with Crippen molar-refractivity contribution in [3.8, 4) is 0 Å². The van der Waals surface area contributed by atoms with E-state index < -0.39 is 21.8 Å². The molecule has 2 saturated heterocycles. The molecule has 2 aromatic rings. The Hall–Kier alpha value is -2.82. The summed E-state index contributed by atoms with van der Waals surface area (Å²) in [6.45, 7) is 2.22. The highest BCUT2D eigenvalue weighted by Gasteiger charge is 2.34. The third-order valence-corrected chi connectivity index (χ3v) is 7.80. The number of piperidine rings is 1. The zero-order valence-corrected chi connectivity index (χ0v) is 18.9. The average molecular weight is 476 g/mol. The maximum Gasteiger partial charge on any atom is 0.256 e. The van der Waals surface area contributed by atoms with Crippen LogP contribution in [0.4, 0.5) is 10.1 Å². The standard InChI is InChI=1S/C23H26FN3O5S/c24-18-7-9-19(10-8-18)33(30,31)27-11-3-4-17(16-27)22(28)25-21-6-2-1-5-20(21)23(29)26-12-14-32-15-13-26/h1-2,5-10,17H,3-4,11-16H2,(H,25,28). The van der Waals surface area contributed by atoms with Crippen molar-refractivity contribution in [3.63, 3.8) is 0 Å². The van der Waals surface area contributed by atoms with E-state index in [0.29, 0.717) is 50.4 Å². The molecule has 0 saturated carbocycles. The van der Waals surface area contributed by atoms with Crippen molar-refractivity contribution >= 4 is 27.5 Å². The van der Waals surface area contributed by atoms with Gasteiger partial charge in [-0.25, -0.2) is 12.8 Å². The first-order chi connectivity index (χ1) is 15.9. The van der Waals surface area contributed by atoms with Gasteiger partial charge in [-0.05, 0) is 49.2 Å². The summed E-state index contributed by atoms with van der Waals surface area (Å²) in [6.07, 6.45) is 1.05. The van der Waals surface area contributed by atoms with Crippen molar-refractivity contribution in [2.45, 2.75) is 17.7 Å². The van der Waals surface area contributed by atoms with Gasteiger partial charge in [0.1, 0.15) is 5.82 Å². The number of hydrogen-bond acceptors (Lipinski definition) is 5. The molecule has 0 aliphatic carbocycles. The number of halogens is 1. The van der Waals surface area contributed by atoms with Crippen LogP contribution in [0, 0.1) is 11.7 Å². The third kappa shape index (κ3) is 5.23. The fourth-order valence-corrected chi connectivity index (χ4v) is 5.60. The number of carbonyl (C=O) groups excluding carboxylic acids is 2. The molecule has 2 aromatic carbocycles. The topological polar surface area (TPSA) is 96.0 Å². The van der Waals surface area contributed by atoms with Crippen LogP contribution in [0.1, 0.15) is 23.2 Å². The van der Waals surface area contributed by atoms with E-state index in [2.05, 4.69) is 5.32 Å². The van der Waals surface area contributed by atoms with Gasteiger partial charge in [-0.3, -0.25) is 9.59 Å². The minimum Gasteiger partial charge on any atom is -0.378 e. The Kier molecular flexibility index (Phi) is 7.06. The second kappa shape index (κ2) is 9.98. The van der Waals surface area contributed by atoms with Gasteiger partial charge >= 0.3 is 0 Å². The fraction of sp³-hybridized carbons (Fsp3) is 0.391. The highest BCUT2D eigenvalue weighted by molar-refractivity contribution is 7.89. The van der Waals surface area contributed by atoms with Crippen molar-refractivity contribution < 1.29 is 27.1 Å². The quantitative estimate of drug-likeness (QED) is 0.716. The van der Waals surface area contributed by atoms with E-state index in [1.807, 2.05) is 0 Å². The van der Waals surface area contributed by atoms with Crippen LogP contribution in [0.5, 0.6) is 0 Å². The fourth-order valence-electron chi connectivity index (χ4n) is 4.08. The SMILES string of the molecule is O=C(Nc1ccccc1C(=O)N1CCOCC1)C1CCCN(S(=O)(=O)c2ccc(F)cc2)C1.